The average Bonchev–Trinajstić information content (AvgIpc) is 2.34. The van der Waals surface area contributed by atoms with Crippen LogP contribution in [0.3, 0.4) is 0 Å². The van der Waals surface area contributed by atoms with E-state index in [-0.39, 0.29) is 5.54 Å². The number of nitrogens with one attached hydrogen (secondary N) is 1. The molecule has 2 heteroatoms. The third-order valence-corrected chi connectivity index (χ3v) is 4.41. The maximum Gasteiger partial charge on any atom is 0.156 e. The second-order valence-corrected chi connectivity index (χ2v) is 6.19. The molecule has 19 heavy (non-hydrogen) atoms. The summed E-state index contributed by atoms with van der Waals surface area (Å²) < 4.78 is 0. The summed E-state index contributed by atoms with van der Waals surface area (Å²) >= 11 is 0. The molecule has 1 unspecified atom stereocenters. The van der Waals surface area contributed by atoms with Crippen molar-refractivity contribution in [2.75, 3.05) is 6.54 Å². The van der Waals surface area contributed by atoms with Gasteiger partial charge in [0.15, 0.2) is 5.78 Å². The molecule has 0 amide bonds. The normalized spacial score (nSPS) is 23.4. The number of aryl methyl sites for hydroxylation is 3. The number of carbonyl (C=O) groups is 1. The van der Waals surface area contributed by atoms with Crippen molar-refractivity contribution >= 4 is 5.78 Å². The van der Waals surface area contributed by atoms with Gasteiger partial charge in [-0.25, -0.2) is 0 Å². The first-order valence-electron chi connectivity index (χ1n) is 7.27. The van der Waals surface area contributed by atoms with Crippen LogP contribution in [0, 0.1) is 20.8 Å². The summed E-state index contributed by atoms with van der Waals surface area (Å²) in [5.41, 5.74) is 4.65. The van der Waals surface area contributed by atoms with Crippen LogP contribution in [0.15, 0.2) is 12.1 Å². The van der Waals surface area contributed by atoms with Crippen LogP contribution in [-0.2, 0) is 11.2 Å². The first-order valence-corrected chi connectivity index (χ1v) is 7.27. The van der Waals surface area contributed by atoms with E-state index in [4.69, 9.17) is 0 Å². The molecule has 0 aromatic heterocycles. The molecule has 1 saturated heterocycles. The molecule has 104 valence electrons. The monoisotopic (exact) mass is 259 g/mol. The molecule has 1 aromatic carbocycles. The van der Waals surface area contributed by atoms with Crippen molar-refractivity contribution in [2.45, 2.75) is 58.9 Å². The number of Topliss-reactive ketones (excluding diaryl/α,β-unsaturated/α-hetero) is 1. The van der Waals surface area contributed by atoms with Crippen molar-refractivity contribution < 1.29 is 4.79 Å². The van der Waals surface area contributed by atoms with Gasteiger partial charge in [-0.05, 0) is 70.2 Å². The Morgan fingerprint density at radius 2 is 1.84 bits per heavy atom. The summed E-state index contributed by atoms with van der Waals surface area (Å²) in [5, 5.41) is 3.42. The van der Waals surface area contributed by atoms with Crippen LogP contribution in [-0.4, -0.2) is 17.9 Å². The molecule has 0 aliphatic carbocycles. The van der Waals surface area contributed by atoms with Gasteiger partial charge in [-0.3, -0.25) is 4.79 Å². The van der Waals surface area contributed by atoms with Gasteiger partial charge in [0.2, 0.25) is 0 Å². The number of hydrogen-bond donors (Lipinski definition) is 1. The predicted molar refractivity (Wildman–Crippen MR) is 79.6 cm³/mol. The molecule has 0 radical (unpaired) electrons. The largest absolute Gasteiger partial charge is 0.305 e. The second-order valence-electron chi connectivity index (χ2n) is 6.19. The minimum Gasteiger partial charge on any atom is -0.305 e. The minimum atomic E-state index is -0.317. The van der Waals surface area contributed by atoms with Crippen LogP contribution in [0.4, 0.5) is 0 Å². The third-order valence-electron chi connectivity index (χ3n) is 4.41. The summed E-state index contributed by atoms with van der Waals surface area (Å²) in [6.07, 6.45) is 3.86. The minimum absolute atomic E-state index is 0.317. The van der Waals surface area contributed by atoms with Gasteiger partial charge in [-0.2, -0.15) is 0 Å². The van der Waals surface area contributed by atoms with E-state index in [1.165, 1.54) is 28.7 Å². The maximum absolute atomic E-state index is 12.6. The Hall–Kier alpha value is -1.15. The number of carbonyl (C=O) groups excluding carboxylic acids is 1. The van der Waals surface area contributed by atoms with Gasteiger partial charge in [0.25, 0.3) is 0 Å². The van der Waals surface area contributed by atoms with Crippen molar-refractivity contribution in [2.24, 2.45) is 0 Å². The van der Waals surface area contributed by atoms with Gasteiger partial charge < -0.3 is 5.32 Å². The maximum atomic E-state index is 12.6. The SMILES string of the molecule is Cc1cc(C)c(CC(=O)C2(C)CCCCN2)c(C)c1. The predicted octanol–water partition coefficient (Wildman–Crippen LogP) is 3.26. The van der Waals surface area contributed by atoms with Crippen LogP contribution in [0.1, 0.15) is 48.4 Å². The zero-order chi connectivity index (χ0) is 14.0. The van der Waals surface area contributed by atoms with Crippen LogP contribution in [0.2, 0.25) is 0 Å². The molecule has 2 nitrogen and oxygen atoms in total. The average molecular weight is 259 g/mol. The molecule has 2 rings (SSSR count). The Balaban J connectivity index is 2.19. The van der Waals surface area contributed by atoms with Crippen molar-refractivity contribution in [1.82, 2.24) is 5.32 Å². The molecular weight excluding hydrogens is 234 g/mol. The zero-order valence-electron chi connectivity index (χ0n) is 12.6. The summed E-state index contributed by atoms with van der Waals surface area (Å²) in [6.45, 7) is 9.36. The topological polar surface area (TPSA) is 29.1 Å². The number of benzene rings is 1. The van der Waals surface area contributed by atoms with Crippen LogP contribution < -0.4 is 5.32 Å². The molecule has 1 atom stereocenters. The van der Waals surface area contributed by atoms with Crippen LogP contribution >= 0.6 is 0 Å². The van der Waals surface area contributed by atoms with E-state index in [0.717, 1.165) is 19.4 Å². The van der Waals surface area contributed by atoms with E-state index >= 15 is 0 Å². The zero-order valence-corrected chi connectivity index (χ0v) is 12.6. The summed E-state index contributed by atoms with van der Waals surface area (Å²) in [5.74, 6) is 0.335. The summed E-state index contributed by atoms with van der Waals surface area (Å²) in [7, 11) is 0. The molecule has 1 N–H and O–H groups in total. The highest BCUT2D eigenvalue weighted by molar-refractivity contribution is 5.90. The van der Waals surface area contributed by atoms with E-state index in [1.54, 1.807) is 0 Å². The fourth-order valence-corrected chi connectivity index (χ4v) is 3.14. The third kappa shape index (κ3) is 3.06. The van der Waals surface area contributed by atoms with E-state index in [1.807, 2.05) is 0 Å². The fourth-order valence-electron chi connectivity index (χ4n) is 3.14. The highest BCUT2D eigenvalue weighted by atomic mass is 16.1. The van der Waals surface area contributed by atoms with Gasteiger partial charge in [0, 0.05) is 6.42 Å². The first kappa shape index (κ1) is 14.3. The van der Waals surface area contributed by atoms with Crippen molar-refractivity contribution in [3.05, 3.63) is 34.4 Å². The van der Waals surface area contributed by atoms with Gasteiger partial charge >= 0.3 is 0 Å². The quantitative estimate of drug-likeness (QED) is 0.902. The lowest BCUT2D eigenvalue weighted by atomic mass is 9.83. The van der Waals surface area contributed by atoms with Crippen molar-refractivity contribution in [3.8, 4) is 0 Å². The van der Waals surface area contributed by atoms with E-state index in [2.05, 4.69) is 45.1 Å². The van der Waals surface area contributed by atoms with E-state index in [0.29, 0.717) is 12.2 Å². The van der Waals surface area contributed by atoms with Gasteiger partial charge in [0.05, 0.1) is 5.54 Å². The Morgan fingerprint density at radius 3 is 2.37 bits per heavy atom. The van der Waals surface area contributed by atoms with E-state index in [9.17, 15) is 4.79 Å². The molecule has 1 aliphatic heterocycles. The van der Waals surface area contributed by atoms with Crippen LogP contribution in [0.5, 0.6) is 0 Å². The molecule has 1 fully saturated rings. The lowest BCUT2D eigenvalue weighted by molar-refractivity contribution is -0.125. The Bertz CT molecular complexity index is 461. The second kappa shape index (κ2) is 5.46. The molecule has 1 aliphatic rings. The smallest absolute Gasteiger partial charge is 0.156 e. The number of piperidine rings is 1. The lowest BCUT2D eigenvalue weighted by Crippen LogP contribution is -2.52. The highest BCUT2D eigenvalue weighted by Gasteiger charge is 2.34. The van der Waals surface area contributed by atoms with Gasteiger partial charge in [0.1, 0.15) is 0 Å². The standard InChI is InChI=1S/C17H25NO/c1-12-9-13(2)15(14(3)10-12)11-16(19)17(4)7-5-6-8-18-17/h9-10,18H,5-8,11H2,1-4H3. The molecular formula is C17H25NO. The Morgan fingerprint density at radius 1 is 1.21 bits per heavy atom. The first-order chi connectivity index (χ1) is 8.92. The number of hydrogen-bond acceptors (Lipinski definition) is 2. The van der Waals surface area contributed by atoms with Crippen molar-refractivity contribution in [1.29, 1.82) is 0 Å². The summed E-state index contributed by atoms with van der Waals surface area (Å²) in [6, 6.07) is 4.35. The molecule has 0 bridgehead atoms. The lowest BCUT2D eigenvalue weighted by Gasteiger charge is -2.34. The van der Waals surface area contributed by atoms with Gasteiger partial charge in [-0.1, -0.05) is 17.7 Å². The molecule has 1 aromatic rings. The van der Waals surface area contributed by atoms with E-state index < -0.39 is 0 Å². The van der Waals surface area contributed by atoms with Crippen LogP contribution in [0.25, 0.3) is 0 Å². The number of ketones is 1. The molecule has 1 heterocycles. The highest BCUT2D eigenvalue weighted by Crippen LogP contribution is 2.24. The Labute approximate surface area is 116 Å². The Kier molecular flexibility index (Phi) is 4.10. The molecule has 0 saturated carbocycles. The fraction of sp³-hybridized carbons (Fsp3) is 0.588. The van der Waals surface area contributed by atoms with Crippen molar-refractivity contribution in [3.63, 3.8) is 0 Å². The number of rotatable bonds is 3. The van der Waals surface area contributed by atoms with Gasteiger partial charge in [-0.15, -0.1) is 0 Å². The summed E-state index contributed by atoms with van der Waals surface area (Å²) in [4.78, 5) is 12.6. The molecule has 0 spiro atoms.